The van der Waals surface area contributed by atoms with Crippen molar-refractivity contribution in [2.45, 2.75) is 44.6 Å². The quantitative estimate of drug-likeness (QED) is 0.751. The molecule has 0 fully saturated rings. The van der Waals surface area contributed by atoms with Crippen molar-refractivity contribution in [1.29, 1.82) is 5.26 Å². The minimum Gasteiger partial charge on any atom is -0.256 e. The third-order valence-electron chi connectivity index (χ3n) is 2.20. The van der Waals surface area contributed by atoms with Crippen molar-refractivity contribution in [3.8, 4) is 6.07 Å². The van der Waals surface area contributed by atoms with Crippen molar-refractivity contribution < 1.29 is 0 Å². The Morgan fingerprint density at radius 2 is 2.00 bits per heavy atom. The van der Waals surface area contributed by atoms with E-state index < -0.39 is 0 Å². The number of thioether (sulfide) groups is 1. The summed E-state index contributed by atoms with van der Waals surface area (Å²) in [6.07, 6.45) is 1.84. The van der Waals surface area contributed by atoms with E-state index in [1.807, 2.05) is 6.20 Å². The molecule has 86 valence electrons. The van der Waals surface area contributed by atoms with E-state index >= 15 is 0 Å². The summed E-state index contributed by atoms with van der Waals surface area (Å²) >= 11 is 1.47. The second-order valence-corrected chi connectivity index (χ2v) is 5.21. The highest BCUT2D eigenvalue weighted by atomic mass is 32.2. The maximum atomic E-state index is 8.62. The number of hydrogen-bond donors (Lipinski definition) is 0. The van der Waals surface area contributed by atoms with E-state index in [-0.39, 0.29) is 0 Å². The highest BCUT2D eigenvalue weighted by molar-refractivity contribution is 7.99. The van der Waals surface area contributed by atoms with Crippen LogP contribution >= 0.6 is 11.8 Å². The summed E-state index contributed by atoms with van der Waals surface area (Å²) in [5.74, 6) is 1.14. The third-order valence-corrected chi connectivity index (χ3v) is 3.04. The molecule has 1 aromatic rings. The van der Waals surface area contributed by atoms with Gasteiger partial charge in [0.15, 0.2) is 0 Å². The minimum absolute atomic E-state index is 0.343. The van der Waals surface area contributed by atoms with Crippen LogP contribution in [0.25, 0.3) is 0 Å². The largest absolute Gasteiger partial charge is 0.256 e. The van der Waals surface area contributed by atoms with Crippen molar-refractivity contribution >= 4 is 11.8 Å². The molecule has 4 heteroatoms. The molecule has 0 amide bonds. The Balaban J connectivity index is 3.06. The fourth-order valence-corrected chi connectivity index (χ4v) is 2.08. The maximum Gasteiger partial charge on any atom is 0.119 e. The van der Waals surface area contributed by atoms with Crippen LogP contribution in [0.2, 0.25) is 0 Å². The topological polar surface area (TPSA) is 49.6 Å². The first-order valence-corrected chi connectivity index (χ1v) is 6.41. The second-order valence-electron chi connectivity index (χ2n) is 4.24. The fourth-order valence-electron chi connectivity index (χ4n) is 1.28. The predicted octanol–water partition coefficient (Wildman–Crippen LogP) is 3.34. The highest BCUT2D eigenvalue weighted by Crippen LogP contribution is 2.26. The third kappa shape index (κ3) is 3.21. The van der Waals surface area contributed by atoms with Crippen molar-refractivity contribution in [1.82, 2.24) is 9.97 Å². The first-order valence-electron chi connectivity index (χ1n) is 5.42. The van der Waals surface area contributed by atoms with Gasteiger partial charge in [0.25, 0.3) is 0 Å². The van der Waals surface area contributed by atoms with Gasteiger partial charge in [-0.15, -0.1) is 0 Å². The Labute approximate surface area is 101 Å². The molecule has 0 saturated heterocycles. The zero-order valence-electron chi connectivity index (χ0n) is 10.2. The number of rotatable bonds is 4. The molecule has 0 aliphatic rings. The molecule has 0 aliphatic carbocycles. The molecule has 0 spiro atoms. The first kappa shape index (κ1) is 13.0. The van der Waals surface area contributed by atoms with E-state index in [9.17, 15) is 0 Å². The number of nitrogens with zero attached hydrogens (tertiary/aromatic N) is 3. The van der Waals surface area contributed by atoms with Gasteiger partial charge < -0.3 is 0 Å². The van der Waals surface area contributed by atoms with Gasteiger partial charge in [0.2, 0.25) is 0 Å². The van der Waals surface area contributed by atoms with Crippen molar-refractivity contribution in [3.63, 3.8) is 0 Å². The summed E-state index contributed by atoms with van der Waals surface area (Å²) < 4.78 is 0. The van der Waals surface area contributed by atoms with Crippen LogP contribution in [-0.2, 0) is 0 Å². The summed E-state index contributed by atoms with van der Waals surface area (Å²) in [6.45, 7) is 8.38. The van der Waals surface area contributed by atoms with Crippen LogP contribution in [0, 0.1) is 11.3 Å². The molecule has 0 saturated carbocycles. The molecule has 0 unspecified atom stereocenters. The molecule has 0 aliphatic heterocycles. The number of aromatic nitrogens is 2. The van der Waals surface area contributed by atoms with Gasteiger partial charge in [-0.1, -0.05) is 39.5 Å². The van der Waals surface area contributed by atoms with E-state index in [4.69, 9.17) is 5.26 Å². The van der Waals surface area contributed by atoms with Crippen molar-refractivity contribution in [2.75, 3.05) is 5.75 Å². The zero-order chi connectivity index (χ0) is 12.1. The standard InChI is InChI=1S/C12H17N3S/c1-8(2)10-7-14-11(9(3)4)12(15-10)16-6-5-13/h7-9H,6H2,1-4H3. The summed E-state index contributed by atoms with van der Waals surface area (Å²) in [5.41, 5.74) is 1.98. The molecule has 0 bridgehead atoms. The van der Waals surface area contributed by atoms with Gasteiger partial charge in [0.05, 0.1) is 23.2 Å². The number of hydrogen-bond acceptors (Lipinski definition) is 4. The monoisotopic (exact) mass is 235 g/mol. The molecule has 0 N–H and O–H groups in total. The van der Waals surface area contributed by atoms with Gasteiger partial charge in [0, 0.05) is 6.20 Å². The summed E-state index contributed by atoms with van der Waals surface area (Å²) in [6, 6.07) is 2.13. The average Bonchev–Trinajstić information content (AvgIpc) is 2.25. The van der Waals surface area contributed by atoms with E-state index in [0.29, 0.717) is 17.6 Å². The summed E-state index contributed by atoms with van der Waals surface area (Å²) in [7, 11) is 0. The van der Waals surface area contributed by atoms with Crippen LogP contribution < -0.4 is 0 Å². The molecule has 1 aromatic heterocycles. The van der Waals surface area contributed by atoms with E-state index in [1.165, 1.54) is 11.8 Å². The molecule has 3 nitrogen and oxygen atoms in total. The highest BCUT2D eigenvalue weighted by Gasteiger charge is 2.12. The fraction of sp³-hybridized carbons (Fsp3) is 0.583. The molecular weight excluding hydrogens is 218 g/mol. The van der Waals surface area contributed by atoms with Crippen LogP contribution in [-0.4, -0.2) is 15.7 Å². The average molecular weight is 235 g/mol. The molecule has 16 heavy (non-hydrogen) atoms. The Kier molecular flexibility index (Phi) is 4.75. The van der Waals surface area contributed by atoms with Crippen LogP contribution in [0.15, 0.2) is 11.2 Å². The molecule has 1 rings (SSSR count). The van der Waals surface area contributed by atoms with Crippen LogP contribution in [0.4, 0.5) is 0 Å². The lowest BCUT2D eigenvalue weighted by atomic mass is 10.1. The molecule has 0 atom stereocenters. The molecule has 0 aromatic carbocycles. The van der Waals surface area contributed by atoms with E-state index in [2.05, 4.69) is 43.7 Å². The van der Waals surface area contributed by atoms with Gasteiger partial charge in [0.1, 0.15) is 5.03 Å². The lowest BCUT2D eigenvalue weighted by molar-refractivity contribution is 0.725. The van der Waals surface area contributed by atoms with Crippen LogP contribution in [0.1, 0.15) is 50.9 Å². The van der Waals surface area contributed by atoms with Gasteiger partial charge in [-0.3, -0.25) is 4.98 Å². The lowest BCUT2D eigenvalue weighted by Gasteiger charge is -2.12. The maximum absolute atomic E-state index is 8.62. The summed E-state index contributed by atoms with van der Waals surface area (Å²) in [4.78, 5) is 9.04. The van der Waals surface area contributed by atoms with Gasteiger partial charge in [-0.2, -0.15) is 5.26 Å². The first-order chi connectivity index (χ1) is 7.56. The van der Waals surface area contributed by atoms with Gasteiger partial charge >= 0.3 is 0 Å². The second kappa shape index (κ2) is 5.86. The van der Waals surface area contributed by atoms with Gasteiger partial charge in [-0.05, 0) is 11.8 Å². The molecule has 0 radical (unpaired) electrons. The normalized spacial score (nSPS) is 10.8. The van der Waals surface area contributed by atoms with Crippen LogP contribution in [0.5, 0.6) is 0 Å². The zero-order valence-corrected chi connectivity index (χ0v) is 11.0. The Morgan fingerprint density at radius 3 is 2.50 bits per heavy atom. The van der Waals surface area contributed by atoms with Crippen molar-refractivity contribution in [2.24, 2.45) is 0 Å². The SMILES string of the molecule is CC(C)c1cnc(C(C)C)c(SCC#N)n1. The molecule has 1 heterocycles. The lowest BCUT2D eigenvalue weighted by Crippen LogP contribution is -2.03. The Hall–Kier alpha value is -1.08. The smallest absolute Gasteiger partial charge is 0.119 e. The predicted molar refractivity (Wildman–Crippen MR) is 66.5 cm³/mol. The Bertz CT molecular complexity index is 394. The van der Waals surface area contributed by atoms with Crippen LogP contribution in [0.3, 0.4) is 0 Å². The number of nitriles is 1. The Morgan fingerprint density at radius 1 is 1.31 bits per heavy atom. The van der Waals surface area contributed by atoms with E-state index in [1.54, 1.807) is 0 Å². The minimum atomic E-state index is 0.343. The van der Waals surface area contributed by atoms with E-state index in [0.717, 1.165) is 16.4 Å². The molecular formula is C12H17N3S. The summed E-state index contributed by atoms with van der Waals surface area (Å²) in [5, 5.41) is 9.52. The van der Waals surface area contributed by atoms with Crippen molar-refractivity contribution in [3.05, 3.63) is 17.6 Å². The van der Waals surface area contributed by atoms with Gasteiger partial charge in [-0.25, -0.2) is 4.98 Å².